The lowest BCUT2D eigenvalue weighted by Gasteiger charge is -2.10. The van der Waals surface area contributed by atoms with Crippen molar-refractivity contribution in [3.8, 4) is 5.75 Å². The topological polar surface area (TPSA) is 43.4 Å². The van der Waals surface area contributed by atoms with Gasteiger partial charge in [0.05, 0.1) is 12.4 Å². The van der Waals surface area contributed by atoms with Gasteiger partial charge in [-0.2, -0.15) is 0 Å². The fourth-order valence-electron chi connectivity index (χ4n) is 1.65. The van der Waals surface area contributed by atoms with E-state index in [4.69, 9.17) is 4.74 Å². The molecule has 0 saturated heterocycles. The molecule has 0 saturated carbocycles. The van der Waals surface area contributed by atoms with E-state index in [9.17, 15) is 8.42 Å². The van der Waals surface area contributed by atoms with Gasteiger partial charge in [0, 0.05) is 10.7 Å². The van der Waals surface area contributed by atoms with Gasteiger partial charge < -0.3 is 4.74 Å². The first-order chi connectivity index (χ1) is 8.29. The number of rotatable bonds is 6. The summed E-state index contributed by atoms with van der Waals surface area (Å²) < 4.78 is 28.6. The molecule has 0 atom stereocenters. The van der Waals surface area contributed by atoms with Crippen molar-refractivity contribution in [2.24, 2.45) is 0 Å². The summed E-state index contributed by atoms with van der Waals surface area (Å²) in [7, 11) is -2.85. The van der Waals surface area contributed by atoms with E-state index in [1.165, 1.54) is 6.26 Å². The average Bonchev–Trinajstić information content (AvgIpc) is 2.23. The summed E-state index contributed by atoms with van der Waals surface area (Å²) >= 11 is 3.51. The second-order valence-corrected chi connectivity index (χ2v) is 7.61. The molecule has 102 valence electrons. The Morgan fingerprint density at radius 3 is 2.22 bits per heavy atom. The van der Waals surface area contributed by atoms with Crippen molar-refractivity contribution in [3.63, 3.8) is 0 Å². The molecule has 1 rings (SSSR count). The van der Waals surface area contributed by atoms with Gasteiger partial charge in [0.2, 0.25) is 0 Å². The van der Waals surface area contributed by atoms with Crippen LogP contribution in [0.1, 0.15) is 24.0 Å². The largest absolute Gasteiger partial charge is 0.494 e. The van der Waals surface area contributed by atoms with E-state index < -0.39 is 9.84 Å². The number of unbranched alkanes of at least 4 members (excludes halogenated alkanes) is 1. The lowest BCUT2D eigenvalue weighted by atomic mass is 10.1. The van der Waals surface area contributed by atoms with Gasteiger partial charge in [0.1, 0.15) is 15.6 Å². The third-order valence-corrected chi connectivity index (χ3v) is 4.87. The lowest BCUT2D eigenvalue weighted by Crippen LogP contribution is -2.05. The number of ether oxygens (including phenoxy) is 1. The Morgan fingerprint density at radius 1 is 1.17 bits per heavy atom. The van der Waals surface area contributed by atoms with Crippen LogP contribution in [0.3, 0.4) is 0 Å². The molecule has 0 amide bonds. The summed E-state index contributed by atoms with van der Waals surface area (Å²) in [6, 6.07) is 3.96. The fraction of sp³-hybridized carbons (Fsp3) is 0.538. The van der Waals surface area contributed by atoms with Gasteiger partial charge in [-0.25, -0.2) is 8.42 Å². The van der Waals surface area contributed by atoms with Crippen LogP contribution in [0.25, 0.3) is 0 Å². The maximum absolute atomic E-state index is 10.9. The highest BCUT2D eigenvalue weighted by atomic mass is 79.9. The molecule has 0 radical (unpaired) electrons. The molecule has 0 spiro atoms. The molecule has 3 nitrogen and oxygen atoms in total. The van der Waals surface area contributed by atoms with Crippen LogP contribution in [0.2, 0.25) is 0 Å². The SMILES string of the molecule is Cc1cc(OCCCCS(C)(=O)=O)cc(C)c1Br. The fourth-order valence-corrected chi connectivity index (χ4v) is 2.60. The second kappa shape index (κ2) is 6.57. The minimum absolute atomic E-state index is 0.231. The van der Waals surface area contributed by atoms with Crippen LogP contribution in [0, 0.1) is 13.8 Å². The molecule has 5 heteroatoms. The summed E-state index contributed by atoms with van der Waals surface area (Å²) in [5.74, 6) is 1.07. The van der Waals surface area contributed by atoms with Crippen molar-refractivity contribution < 1.29 is 13.2 Å². The highest BCUT2D eigenvalue weighted by Crippen LogP contribution is 2.26. The smallest absolute Gasteiger partial charge is 0.147 e. The molecule has 18 heavy (non-hydrogen) atoms. The third kappa shape index (κ3) is 5.40. The van der Waals surface area contributed by atoms with Crippen LogP contribution in [0.15, 0.2) is 16.6 Å². The number of benzene rings is 1. The summed E-state index contributed by atoms with van der Waals surface area (Å²) in [6.45, 7) is 4.59. The van der Waals surface area contributed by atoms with E-state index in [-0.39, 0.29) is 5.75 Å². The minimum atomic E-state index is -2.85. The highest BCUT2D eigenvalue weighted by molar-refractivity contribution is 9.10. The molecule has 0 fully saturated rings. The van der Waals surface area contributed by atoms with E-state index in [0.717, 1.165) is 27.8 Å². The molecule has 0 aliphatic carbocycles. The van der Waals surface area contributed by atoms with Crippen LogP contribution in [0.4, 0.5) is 0 Å². The zero-order valence-electron chi connectivity index (χ0n) is 11.0. The van der Waals surface area contributed by atoms with Gasteiger partial charge in [-0.05, 0) is 49.9 Å². The molecule has 0 heterocycles. The van der Waals surface area contributed by atoms with Gasteiger partial charge in [-0.3, -0.25) is 0 Å². The van der Waals surface area contributed by atoms with E-state index in [1.807, 2.05) is 26.0 Å². The van der Waals surface area contributed by atoms with E-state index in [0.29, 0.717) is 13.0 Å². The molecule has 0 unspecified atom stereocenters. The zero-order valence-corrected chi connectivity index (χ0v) is 13.4. The van der Waals surface area contributed by atoms with E-state index in [2.05, 4.69) is 15.9 Å². The maximum Gasteiger partial charge on any atom is 0.147 e. The monoisotopic (exact) mass is 334 g/mol. The summed E-state index contributed by atoms with van der Waals surface area (Å²) in [5, 5.41) is 0. The Morgan fingerprint density at radius 2 is 1.72 bits per heavy atom. The number of sulfone groups is 1. The normalized spacial score (nSPS) is 11.6. The molecular weight excluding hydrogens is 316 g/mol. The predicted molar refractivity (Wildman–Crippen MR) is 78.1 cm³/mol. The molecule has 1 aromatic carbocycles. The standard InChI is InChI=1S/C13H19BrO3S/c1-10-8-12(9-11(2)13(10)14)17-6-4-5-7-18(3,15)16/h8-9H,4-7H2,1-3H3. The Hall–Kier alpha value is -0.550. The molecule has 0 aliphatic heterocycles. The average molecular weight is 335 g/mol. The third-order valence-electron chi connectivity index (χ3n) is 2.59. The quantitative estimate of drug-likeness (QED) is 0.750. The molecule has 0 N–H and O–H groups in total. The zero-order chi connectivity index (χ0) is 13.8. The molecular formula is C13H19BrO3S. The van der Waals surface area contributed by atoms with Crippen molar-refractivity contribution in [1.82, 2.24) is 0 Å². The number of aryl methyl sites for hydroxylation is 2. The molecule has 0 aromatic heterocycles. The maximum atomic E-state index is 10.9. The molecule has 0 aliphatic rings. The van der Waals surface area contributed by atoms with Crippen molar-refractivity contribution in [1.29, 1.82) is 0 Å². The van der Waals surface area contributed by atoms with Crippen molar-refractivity contribution in [3.05, 3.63) is 27.7 Å². The van der Waals surface area contributed by atoms with Crippen LogP contribution in [-0.2, 0) is 9.84 Å². The van der Waals surface area contributed by atoms with Gasteiger partial charge in [-0.1, -0.05) is 15.9 Å². The first-order valence-corrected chi connectivity index (χ1v) is 8.72. The highest BCUT2D eigenvalue weighted by Gasteiger charge is 2.04. The Balaban J connectivity index is 2.41. The molecule has 1 aromatic rings. The second-order valence-electron chi connectivity index (χ2n) is 4.56. The van der Waals surface area contributed by atoms with E-state index >= 15 is 0 Å². The van der Waals surface area contributed by atoms with Crippen LogP contribution < -0.4 is 4.74 Å². The van der Waals surface area contributed by atoms with Crippen molar-refractivity contribution in [2.75, 3.05) is 18.6 Å². The number of hydrogen-bond acceptors (Lipinski definition) is 3. The van der Waals surface area contributed by atoms with Gasteiger partial charge in [0.15, 0.2) is 0 Å². The Labute approximate surface area is 118 Å². The predicted octanol–water partition coefficient (Wildman–Crippen LogP) is 3.27. The van der Waals surface area contributed by atoms with Crippen LogP contribution in [0.5, 0.6) is 5.75 Å². The minimum Gasteiger partial charge on any atom is -0.494 e. The first-order valence-electron chi connectivity index (χ1n) is 5.87. The van der Waals surface area contributed by atoms with E-state index in [1.54, 1.807) is 0 Å². The summed E-state index contributed by atoms with van der Waals surface area (Å²) in [5.41, 5.74) is 2.28. The van der Waals surface area contributed by atoms with Gasteiger partial charge in [0.25, 0.3) is 0 Å². The lowest BCUT2D eigenvalue weighted by molar-refractivity contribution is 0.309. The first kappa shape index (κ1) is 15.5. The summed E-state index contributed by atoms with van der Waals surface area (Å²) in [6.07, 6.45) is 2.66. The van der Waals surface area contributed by atoms with Crippen LogP contribution >= 0.6 is 15.9 Å². The number of halogens is 1. The molecule has 0 bridgehead atoms. The van der Waals surface area contributed by atoms with Gasteiger partial charge >= 0.3 is 0 Å². The van der Waals surface area contributed by atoms with Crippen LogP contribution in [-0.4, -0.2) is 27.0 Å². The Kier molecular flexibility index (Phi) is 5.66. The number of hydrogen-bond donors (Lipinski definition) is 0. The van der Waals surface area contributed by atoms with Crippen molar-refractivity contribution >= 4 is 25.8 Å². The van der Waals surface area contributed by atoms with Gasteiger partial charge in [-0.15, -0.1) is 0 Å². The Bertz CT molecular complexity index is 486. The summed E-state index contributed by atoms with van der Waals surface area (Å²) in [4.78, 5) is 0. The van der Waals surface area contributed by atoms with Crippen molar-refractivity contribution in [2.45, 2.75) is 26.7 Å².